The molecule has 0 saturated heterocycles. The van der Waals surface area contributed by atoms with Crippen molar-refractivity contribution in [2.75, 3.05) is 13.1 Å². The summed E-state index contributed by atoms with van der Waals surface area (Å²) in [6, 6.07) is 0. The van der Waals surface area contributed by atoms with Gasteiger partial charge in [-0.25, -0.2) is 0 Å². The second-order valence-corrected chi connectivity index (χ2v) is 4.57. The molecule has 16 heavy (non-hydrogen) atoms. The summed E-state index contributed by atoms with van der Waals surface area (Å²) in [7, 11) is 0. The molecule has 0 saturated carbocycles. The number of carbonyl (C=O) groups is 1. The molecule has 0 unspecified atom stereocenters. The highest BCUT2D eigenvalue weighted by molar-refractivity contribution is 5.73. The average Bonchev–Trinajstić information content (AvgIpc) is 2.26. The summed E-state index contributed by atoms with van der Waals surface area (Å²) in [5, 5.41) is 0. The molecule has 2 nitrogen and oxygen atoms in total. The lowest BCUT2D eigenvalue weighted by atomic mass is 10.1. The third-order valence-corrected chi connectivity index (χ3v) is 3.11. The molecule has 96 valence electrons. The molecule has 0 rings (SSSR count). The first-order valence-electron chi connectivity index (χ1n) is 6.97. The molecule has 0 radical (unpaired) electrons. The quantitative estimate of drug-likeness (QED) is 0.517. The minimum atomic E-state index is 0.213. The highest BCUT2D eigenvalue weighted by Gasteiger charge is 2.04. The van der Waals surface area contributed by atoms with Gasteiger partial charge in [-0.3, -0.25) is 4.79 Å². The first kappa shape index (κ1) is 15.5. The van der Waals surface area contributed by atoms with Gasteiger partial charge in [0.25, 0.3) is 0 Å². The molecule has 0 aliphatic rings. The van der Waals surface area contributed by atoms with Crippen LogP contribution in [0.25, 0.3) is 0 Å². The van der Waals surface area contributed by atoms with Crippen LogP contribution in [0.2, 0.25) is 0 Å². The zero-order chi connectivity index (χ0) is 12.2. The number of carbonyl (C=O) groups excluding carboxylic acids is 1. The van der Waals surface area contributed by atoms with Crippen molar-refractivity contribution >= 4 is 5.91 Å². The lowest BCUT2D eigenvalue weighted by Crippen LogP contribution is -2.29. The molecule has 0 fully saturated rings. The van der Waals surface area contributed by atoms with E-state index in [-0.39, 0.29) is 5.91 Å². The minimum Gasteiger partial charge on any atom is -0.343 e. The van der Waals surface area contributed by atoms with Crippen molar-refractivity contribution in [3.8, 4) is 0 Å². The fourth-order valence-electron chi connectivity index (χ4n) is 1.97. The third kappa shape index (κ3) is 8.75. The molecular weight excluding hydrogens is 198 g/mol. The number of unbranched alkanes of at least 4 members (excludes halogenated alkanes) is 7. The summed E-state index contributed by atoms with van der Waals surface area (Å²) in [4.78, 5) is 13.1. The molecule has 0 spiro atoms. The van der Waals surface area contributed by atoms with Gasteiger partial charge in [-0.15, -0.1) is 0 Å². The van der Waals surface area contributed by atoms with E-state index in [2.05, 4.69) is 6.92 Å². The summed E-state index contributed by atoms with van der Waals surface area (Å²) in [6.45, 7) is 7.76. The molecule has 0 N–H and O–H groups in total. The summed E-state index contributed by atoms with van der Waals surface area (Å²) in [5.41, 5.74) is 0. The number of nitrogens with zero attached hydrogens (tertiary/aromatic N) is 1. The van der Waals surface area contributed by atoms with Crippen LogP contribution in [0.5, 0.6) is 0 Å². The van der Waals surface area contributed by atoms with Gasteiger partial charge >= 0.3 is 0 Å². The minimum absolute atomic E-state index is 0.213. The van der Waals surface area contributed by atoms with E-state index in [1.54, 1.807) is 6.92 Å². The molecule has 0 bridgehead atoms. The maximum absolute atomic E-state index is 11.1. The topological polar surface area (TPSA) is 20.3 Å². The lowest BCUT2D eigenvalue weighted by Gasteiger charge is -2.18. The van der Waals surface area contributed by atoms with Crippen LogP contribution in [-0.4, -0.2) is 23.9 Å². The highest BCUT2D eigenvalue weighted by Crippen LogP contribution is 2.08. The smallest absolute Gasteiger partial charge is 0.219 e. The SMILES string of the molecule is CCCCCCCCCCN(CC)C(C)=O. The number of amides is 1. The molecule has 0 atom stereocenters. The van der Waals surface area contributed by atoms with Gasteiger partial charge in [0, 0.05) is 20.0 Å². The maximum atomic E-state index is 11.1. The zero-order valence-corrected chi connectivity index (χ0v) is 11.4. The van der Waals surface area contributed by atoms with E-state index in [0.29, 0.717) is 0 Å². The van der Waals surface area contributed by atoms with Gasteiger partial charge in [-0.2, -0.15) is 0 Å². The first-order chi connectivity index (χ1) is 7.72. The van der Waals surface area contributed by atoms with Crippen LogP contribution in [-0.2, 0) is 4.79 Å². The van der Waals surface area contributed by atoms with E-state index >= 15 is 0 Å². The molecule has 0 aliphatic heterocycles. The second-order valence-electron chi connectivity index (χ2n) is 4.57. The van der Waals surface area contributed by atoms with Crippen LogP contribution in [0.15, 0.2) is 0 Å². The molecule has 2 heteroatoms. The fourth-order valence-corrected chi connectivity index (χ4v) is 1.97. The number of hydrogen-bond acceptors (Lipinski definition) is 1. The maximum Gasteiger partial charge on any atom is 0.219 e. The van der Waals surface area contributed by atoms with Crippen molar-refractivity contribution in [2.45, 2.75) is 72.1 Å². The molecular formula is C14H29NO. The Morgan fingerprint density at radius 3 is 1.81 bits per heavy atom. The van der Waals surface area contributed by atoms with Crippen molar-refractivity contribution in [3.05, 3.63) is 0 Å². The summed E-state index contributed by atoms with van der Waals surface area (Å²) in [5.74, 6) is 0.213. The molecule has 0 aromatic carbocycles. The Bertz CT molecular complexity index is 168. The average molecular weight is 227 g/mol. The Morgan fingerprint density at radius 2 is 1.38 bits per heavy atom. The van der Waals surface area contributed by atoms with Crippen LogP contribution < -0.4 is 0 Å². The summed E-state index contributed by atoms with van der Waals surface area (Å²) in [6.07, 6.45) is 10.6. The van der Waals surface area contributed by atoms with Crippen molar-refractivity contribution in [1.29, 1.82) is 0 Å². The van der Waals surface area contributed by atoms with E-state index in [1.165, 1.54) is 51.4 Å². The third-order valence-electron chi connectivity index (χ3n) is 3.11. The van der Waals surface area contributed by atoms with E-state index in [9.17, 15) is 4.79 Å². The van der Waals surface area contributed by atoms with Crippen molar-refractivity contribution in [1.82, 2.24) is 4.90 Å². The summed E-state index contributed by atoms with van der Waals surface area (Å²) >= 11 is 0. The summed E-state index contributed by atoms with van der Waals surface area (Å²) < 4.78 is 0. The Morgan fingerprint density at radius 1 is 0.875 bits per heavy atom. The predicted molar refractivity (Wildman–Crippen MR) is 70.5 cm³/mol. The Balaban J connectivity index is 3.22. The van der Waals surface area contributed by atoms with Crippen LogP contribution in [0.1, 0.15) is 72.1 Å². The fraction of sp³-hybridized carbons (Fsp3) is 0.929. The normalized spacial score (nSPS) is 10.4. The van der Waals surface area contributed by atoms with Gasteiger partial charge in [0.2, 0.25) is 5.91 Å². The van der Waals surface area contributed by atoms with Gasteiger partial charge in [0.15, 0.2) is 0 Å². The van der Waals surface area contributed by atoms with Crippen LogP contribution in [0.4, 0.5) is 0 Å². The lowest BCUT2D eigenvalue weighted by molar-refractivity contribution is -0.128. The number of rotatable bonds is 10. The van der Waals surface area contributed by atoms with E-state index < -0.39 is 0 Å². The standard InChI is InChI=1S/C14H29NO/c1-4-6-7-8-9-10-11-12-13-15(5-2)14(3)16/h4-13H2,1-3H3. The highest BCUT2D eigenvalue weighted by atomic mass is 16.2. The van der Waals surface area contributed by atoms with Crippen LogP contribution in [0, 0.1) is 0 Å². The molecule has 0 aliphatic carbocycles. The van der Waals surface area contributed by atoms with Crippen molar-refractivity contribution in [3.63, 3.8) is 0 Å². The van der Waals surface area contributed by atoms with Crippen molar-refractivity contribution in [2.24, 2.45) is 0 Å². The van der Waals surface area contributed by atoms with Gasteiger partial charge in [0.1, 0.15) is 0 Å². The largest absolute Gasteiger partial charge is 0.343 e. The number of hydrogen-bond donors (Lipinski definition) is 0. The molecule has 0 heterocycles. The van der Waals surface area contributed by atoms with Crippen LogP contribution >= 0.6 is 0 Å². The Hall–Kier alpha value is -0.530. The first-order valence-corrected chi connectivity index (χ1v) is 6.97. The van der Waals surface area contributed by atoms with Gasteiger partial charge in [-0.1, -0.05) is 51.9 Å². The van der Waals surface area contributed by atoms with Crippen molar-refractivity contribution < 1.29 is 4.79 Å². The second kappa shape index (κ2) is 11.0. The van der Waals surface area contributed by atoms with E-state index in [0.717, 1.165) is 13.1 Å². The molecule has 0 aromatic rings. The molecule has 0 aromatic heterocycles. The van der Waals surface area contributed by atoms with Gasteiger partial charge in [-0.05, 0) is 13.3 Å². The van der Waals surface area contributed by atoms with Crippen LogP contribution in [0.3, 0.4) is 0 Å². The van der Waals surface area contributed by atoms with Gasteiger partial charge in [0.05, 0.1) is 0 Å². The Labute approximate surface area is 101 Å². The van der Waals surface area contributed by atoms with E-state index in [1.807, 2.05) is 11.8 Å². The zero-order valence-electron chi connectivity index (χ0n) is 11.4. The Kier molecular flexibility index (Phi) is 10.6. The van der Waals surface area contributed by atoms with E-state index in [4.69, 9.17) is 0 Å². The van der Waals surface area contributed by atoms with Gasteiger partial charge < -0.3 is 4.90 Å². The monoisotopic (exact) mass is 227 g/mol. The predicted octanol–water partition coefficient (Wildman–Crippen LogP) is 4.00. The molecule has 1 amide bonds.